The average molecular weight is 628 g/mol. The maximum absolute atomic E-state index is 7.82. The Morgan fingerprint density at radius 2 is 1.67 bits per heavy atom. The smallest absolute Gasteiger partial charge is 0.241 e. The van der Waals surface area contributed by atoms with Crippen LogP contribution in [0.25, 0.3) is 10.4 Å². The molecule has 1 unspecified atom stereocenters. The van der Waals surface area contributed by atoms with Gasteiger partial charge in [0.2, 0.25) is 9.94 Å². The quantitative estimate of drug-likeness (QED) is 0.0669. The third kappa shape index (κ3) is 43.2. The SMILES string of the molecule is C#CC(C)OP(=S)(Cl)Cl.C#CCSP(=S)(Cl)Cl.[N-]=[N+]=NCCOP(=S)(Cl)Cl. The second-order valence-corrected chi connectivity index (χ2v) is 29.9. The molecule has 0 aromatic rings. The number of nitrogens with zero attached hydrogens (tertiary/aromatic N) is 3. The van der Waals surface area contributed by atoms with E-state index in [2.05, 4.69) is 57.3 Å². The van der Waals surface area contributed by atoms with Gasteiger partial charge in [-0.05, 0) is 81.0 Å². The standard InChI is InChI=1S/C4H5Cl2OPS.C3H3Cl2PS2.C2H4Cl2N3OPS/c1-3-4(2)7-8(5,6)9;1-2-3-8-6(4,5)7;3-9(4,10)8-2-1-6-7-5/h1,4H,2H3;1H,3H2;1-2H2. The summed E-state index contributed by atoms with van der Waals surface area (Å²) in [6.07, 6.45) is 9.48. The van der Waals surface area contributed by atoms with Crippen LogP contribution >= 0.6 is 92.7 Å². The van der Waals surface area contributed by atoms with Gasteiger partial charge in [0.05, 0.1) is 12.4 Å². The number of terminal acetylenes is 2. The van der Waals surface area contributed by atoms with E-state index in [-0.39, 0.29) is 13.2 Å². The highest BCUT2D eigenvalue weighted by Gasteiger charge is 2.11. The molecule has 0 spiro atoms. The van der Waals surface area contributed by atoms with Gasteiger partial charge in [0.15, 0.2) is 3.95 Å². The molecule has 0 heterocycles. The molecule has 0 radical (unpaired) electrons. The second-order valence-electron chi connectivity index (χ2n) is 3.42. The van der Waals surface area contributed by atoms with Crippen LogP contribution in [0.2, 0.25) is 0 Å². The lowest BCUT2D eigenvalue weighted by Gasteiger charge is -2.08. The van der Waals surface area contributed by atoms with Crippen LogP contribution in [0.3, 0.4) is 0 Å². The Labute approximate surface area is 207 Å². The van der Waals surface area contributed by atoms with Crippen molar-refractivity contribution in [3.05, 3.63) is 10.4 Å². The minimum absolute atomic E-state index is 0.175. The van der Waals surface area contributed by atoms with Gasteiger partial charge in [-0.3, -0.25) is 0 Å². The van der Waals surface area contributed by atoms with Crippen molar-refractivity contribution in [2.45, 2.75) is 13.0 Å². The first kappa shape index (κ1) is 34.0. The first-order valence-electron chi connectivity index (χ1n) is 5.94. The molecule has 0 aromatic heterocycles. The molecule has 1 atom stereocenters. The number of azide groups is 1. The number of hydrogen-bond donors (Lipinski definition) is 0. The van der Waals surface area contributed by atoms with Crippen molar-refractivity contribution in [3.63, 3.8) is 0 Å². The molecule has 5 nitrogen and oxygen atoms in total. The van der Waals surface area contributed by atoms with Gasteiger partial charge in [-0.1, -0.05) is 62.6 Å². The predicted molar refractivity (Wildman–Crippen MR) is 139 cm³/mol. The van der Waals surface area contributed by atoms with Crippen molar-refractivity contribution < 1.29 is 9.05 Å². The van der Waals surface area contributed by atoms with Crippen molar-refractivity contribution in [1.82, 2.24) is 0 Å². The Bertz CT molecular complexity index is 694. The maximum atomic E-state index is 7.82. The first-order chi connectivity index (χ1) is 12.1. The molecule has 156 valence electrons. The molecule has 0 amide bonds. The highest BCUT2D eigenvalue weighted by atomic mass is 35.9. The fourth-order valence-corrected chi connectivity index (χ4v) is 5.28. The Hall–Kier alpha value is 2.39. The van der Waals surface area contributed by atoms with Crippen LogP contribution in [0.4, 0.5) is 0 Å². The summed E-state index contributed by atoms with van der Waals surface area (Å²) in [7, 11) is 0. The van der Waals surface area contributed by atoms with E-state index in [0.717, 1.165) is 0 Å². The summed E-state index contributed by atoms with van der Waals surface area (Å²) < 4.78 is 7.40. The molecular weight excluding hydrogens is 616 g/mol. The zero-order chi connectivity index (χ0) is 22.1. The van der Waals surface area contributed by atoms with E-state index in [4.69, 9.17) is 94.9 Å². The molecule has 0 aromatic carbocycles. The number of halogens is 6. The monoisotopic (exact) mass is 625 g/mol. The van der Waals surface area contributed by atoms with E-state index in [9.17, 15) is 0 Å². The van der Waals surface area contributed by atoms with Crippen LogP contribution in [0.5, 0.6) is 0 Å². The molecule has 0 aliphatic rings. The molecule has 0 saturated carbocycles. The second kappa shape index (κ2) is 19.1. The Morgan fingerprint density at radius 3 is 1.89 bits per heavy atom. The molecule has 0 fully saturated rings. The zero-order valence-electron chi connectivity index (χ0n) is 13.3. The first-order valence-corrected chi connectivity index (χ1v) is 21.2. The molecule has 0 aliphatic carbocycles. The maximum Gasteiger partial charge on any atom is 0.241 e. The summed E-state index contributed by atoms with van der Waals surface area (Å²) in [4.78, 5) is -2.72. The fourth-order valence-electron chi connectivity index (χ4n) is 0.560. The van der Waals surface area contributed by atoms with E-state index in [1.807, 2.05) is 0 Å². The van der Waals surface area contributed by atoms with E-state index >= 15 is 0 Å². The largest absolute Gasteiger partial charge is 0.327 e. The van der Waals surface area contributed by atoms with Gasteiger partial charge >= 0.3 is 0 Å². The van der Waals surface area contributed by atoms with Crippen LogP contribution in [0, 0.1) is 24.7 Å². The summed E-state index contributed by atoms with van der Waals surface area (Å²) >= 11 is 47.4. The van der Waals surface area contributed by atoms with Gasteiger partial charge in [-0.25, -0.2) is 0 Å². The predicted octanol–water partition coefficient (Wildman–Crippen LogP) is 8.80. The van der Waals surface area contributed by atoms with E-state index in [0.29, 0.717) is 5.75 Å². The summed E-state index contributed by atoms with van der Waals surface area (Å²) in [6, 6.07) is 0. The van der Waals surface area contributed by atoms with Gasteiger partial charge in [0.1, 0.15) is 6.10 Å². The zero-order valence-corrected chi connectivity index (χ0v) is 23.7. The van der Waals surface area contributed by atoms with Crippen molar-refractivity contribution in [2.24, 2.45) is 5.11 Å². The summed E-state index contributed by atoms with van der Waals surface area (Å²) in [5.74, 6) is 5.18. The third-order valence-corrected chi connectivity index (χ3v) is 8.58. The van der Waals surface area contributed by atoms with Crippen LogP contribution in [-0.2, 0) is 44.5 Å². The van der Waals surface area contributed by atoms with Crippen molar-refractivity contribution in [1.29, 1.82) is 0 Å². The molecular formula is C9H12Cl6N3O2P3S4. The van der Waals surface area contributed by atoms with Crippen molar-refractivity contribution in [3.8, 4) is 24.7 Å². The van der Waals surface area contributed by atoms with Crippen LogP contribution in [0.1, 0.15) is 6.92 Å². The highest BCUT2D eigenvalue weighted by Crippen LogP contribution is 2.68. The van der Waals surface area contributed by atoms with Gasteiger partial charge < -0.3 is 9.05 Å². The lowest BCUT2D eigenvalue weighted by atomic mass is 10.4. The third-order valence-electron chi connectivity index (χ3n) is 1.31. The highest BCUT2D eigenvalue weighted by molar-refractivity contribution is 8.85. The van der Waals surface area contributed by atoms with Crippen LogP contribution in [0.15, 0.2) is 5.11 Å². The summed E-state index contributed by atoms with van der Waals surface area (Å²) in [5, 5.41) is 3.18. The van der Waals surface area contributed by atoms with Gasteiger partial charge in [-0.2, -0.15) is 0 Å². The van der Waals surface area contributed by atoms with Gasteiger partial charge in [-0.15, -0.1) is 12.8 Å². The molecule has 27 heavy (non-hydrogen) atoms. The molecule has 0 rings (SSSR count). The molecule has 0 N–H and O–H groups in total. The van der Waals surface area contributed by atoms with Crippen molar-refractivity contribution in [2.75, 3.05) is 18.9 Å². The van der Waals surface area contributed by atoms with Crippen LogP contribution in [-0.4, -0.2) is 25.0 Å². The van der Waals surface area contributed by atoms with E-state index in [1.165, 1.54) is 11.4 Å². The minimum Gasteiger partial charge on any atom is -0.327 e. The Kier molecular flexibility index (Phi) is 24.1. The lowest BCUT2D eigenvalue weighted by molar-refractivity contribution is 0.322. The normalized spacial score (nSPS) is 11.9. The van der Waals surface area contributed by atoms with Crippen LogP contribution < -0.4 is 0 Å². The topological polar surface area (TPSA) is 67.2 Å². The minimum atomic E-state index is -2.61. The van der Waals surface area contributed by atoms with E-state index < -0.39 is 20.0 Å². The molecule has 0 saturated heterocycles. The number of hydrogen-bond acceptors (Lipinski definition) is 7. The molecule has 18 heteroatoms. The Morgan fingerprint density at radius 1 is 1.15 bits per heavy atom. The van der Waals surface area contributed by atoms with Crippen molar-refractivity contribution >= 4 is 128 Å². The lowest BCUT2D eigenvalue weighted by Crippen LogP contribution is -1.97. The molecule has 0 bridgehead atoms. The number of rotatable bonds is 8. The van der Waals surface area contributed by atoms with E-state index in [1.54, 1.807) is 6.92 Å². The molecule has 0 aliphatic heterocycles. The summed E-state index contributed by atoms with van der Waals surface area (Å²) in [5.41, 5.74) is 7.82. The average Bonchev–Trinajstić information content (AvgIpc) is 2.47. The van der Waals surface area contributed by atoms with Gasteiger partial charge in [0.25, 0.3) is 0 Å². The fraction of sp³-hybridized carbons (Fsp3) is 0.556. The summed E-state index contributed by atoms with van der Waals surface area (Å²) in [6.45, 7) is 2.04. The Balaban J connectivity index is -0.000000322. The van der Waals surface area contributed by atoms with Gasteiger partial charge in [0, 0.05) is 11.5 Å².